The van der Waals surface area contributed by atoms with Gasteiger partial charge in [0.15, 0.2) is 0 Å². The van der Waals surface area contributed by atoms with Gasteiger partial charge in [-0.3, -0.25) is 9.69 Å². The molecule has 0 aliphatic carbocycles. The van der Waals surface area contributed by atoms with E-state index < -0.39 is 15.9 Å². The lowest BCUT2D eigenvalue weighted by Crippen LogP contribution is -2.25. The van der Waals surface area contributed by atoms with E-state index >= 15 is 0 Å². The van der Waals surface area contributed by atoms with E-state index in [-0.39, 0.29) is 15.5 Å². The van der Waals surface area contributed by atoms with Gasteiger partial charge in [-0.1, -0.05) is 48.7 Å². The van der Waals surface area contributed by atoms with Crippen LogP contribution in [0.25, 0.3) is 0 Å². The lowest BCUT2D eigenvalue weighted by molar-refractivity contribution is 0.0951. The number of nitrogens with one attached hydrogen (secondary N) is 1. The molecule has 1 fully saturated rings. The fourth-order valence-electron chi connectivity index (χ4n) is 3.64. The van der Waals surface area contributed by atoms with Crippen LogP contribution in [0.3, 0.4) is 0 Å². The number of carbonyl (C=O) groups excluding carboxylic acids is 1. The van der Waals surface area contributed by atoms with Gasteiger partial charge in [-0.25, -0.2) is 12.7 Å². The molecule has 0 atom stereocenters. The molecule has 8 heteroatoms. The highest BCUT2D eigenvalue weighted by atomic mass is 35.5. The predicted octanol–water partition coefficient (Wildman–Crippen LogP) is 3.90. The topological polar surface area (TPSA) is 69.7 Å². The van der Waals surface area contributed by atoms with Gasteiger partial charge in [0, 0.05) is 27.2 Å². The van der Waals surface area contributed by atoms with Gasteiger partial charge in [0.25, 0.3) is 5.91 Å². The van der Waals surface area contributed by atoms with Crippen LogP contribution in [-0.2, 0) is 23.1 Å². The third-order valence-electron chi connectivity index (χ3n) is 5.54. The zero-order valence-corrected chi connectivity index (χ0v) is 19.7. The molecule has 1 heterocycles. The number of benzene rings is 2. The van der Waals surface area contributed by atoms with Crippen molar-refractivity contribution < 1.29 is 13.2 Å². The summed E-state index contributed by atoms with van der Waals surface area (Å²) in [6, 6.07) is 12.4. The molecule has 0 radical (unpaired) electrons. The van der Waals surface area contributed by atoms with Crippen molar-refractivity contribution >= 4 is 27.5 Å². The first-order valence-electron chi connectivity index (χ1n) is 10.6. The van der Waals surface area contributed by atoms with E-state index in [1.54, 1.807) is 0 Å². The quantitative estimate of drug-likeness (QED) is 0.676. The Morgan fingerprint density at radius 3 is 2.23 bits per heavy atom. The van der Waals surface area contributed by atoms with E-state index in [0.29, 0.717) is 6.54 Å². The highest BCUT2D eigenvalue weighted by molar-refractivity contribution is 7.89. The number of sulfonamides is 1. The van der Waals surface area contributed by atoms with E-state index in [1.807, 2.05) is 12.1 Å². The van der Waals surface area contributed by atoms with Crippen LogP contribution in [-0.4, -0.2) is 50.7 Å². The minimum Gasteiger partial charge on any atom is -0.348 e. The molecule has 2 aromatic carbocycles. The monoisotopic (exact) mass is 463 g/mol. The summed E-state index contributed by atoms with van der Waals surface area (Å²) in [5.41, 5.74) is 2.38. The Kier molecular flexibility index (Phi) is 8.11. The van der Waals surface area contributed by atoms with Crippen molar-refractivity contribution in [2.75, 3.05) is 27.2 Å². The van der Waals surface area contributed by atoms with E-state index in [0.717, 1.165) is 29.5 Å². The molecule has 1 aliphatic heterocycles. The van der Waals surface area contributed by atoms with E-state index in [9.17, 15) is 13.2 Å². The molecule has 1 saturated heterocycles. The molecule has 1 aliphatic rings. The summed E-state index contributed by atoms with van der Waals surface area (Å²) in [5.74, 6) is -0.408. The Morgan fingerprint density at radius 1 is 1.00 bits per heavy atom. The predicted molar refractivity (Wildman–Crippen MR) is 124 cm³/mol. The number of hydrogen-bond donors (Lipinski definition) is 1. The van der Waals surface area contributed by atoms with Crippen LogP contribution >= 0.6 is 11.6 Å². The van der Waals surface area contributed by atoms with Crippen LogP contribution in [0.4, 0.5) is 0 Å². The molecule has 6 nitrogen and oxygen atoms in total. The highest BCUT2D eigenvalue weighted by Gasteiger charge is 2.20. The Balaban J connectivity index is 1.61. The molecule has 168 valence electrons. The summed E-state index contributed by atoms with van der Waals surface area (Å²) >= 11 is 6.15. The van der Waals surface area contributed by atoms with Crippen LogP contribution in [0.2, 0.25) is 5.02 Å². The first-order chi connectivity index (χ1) is 14.8. The fraction of sp³-hybridized carbons (Fsp3) is 0.435. The van der Waals surface area contributed by atoms with Gasteiger partial charge < -0.3 is 5.32 Å². The Hall–Kier alpha value is -1.93. The Labute approximate surface area is 190 Å². The van der Waals surface area contributed by atoms with Crippen molar-refractivity contribution in [2.45, 2.75) is 43.7 Å². The van der Waals surface area contributed by atoms with Gasteiger partial charge in [-0.15, -0.1) is 0 Å². The summed E-state index contributed by atoms with van der Waals surface area (Å²) < 4.78 is 25.8. The molecular weight excluding hydrogens is 434 g/mol. The minimum atomic E-state index is -3.65. The zero-order valence-electron chi connectivity index (χ0n) is 18.1. The first kappa shape index (κ1) is 23.7. The van der Waals surface area contributed by atoms with Crippen molar-refractivity contribution in [1.82, 2.24) is 14.5 Å². The molecule has 2 aromatic rings. The average Bonchev–Trinajstić information content (AvgIpc) is 3.01. The van der Waals surface area contributed by atoms with Gasteiger partial charge in [0.05, 0.1) is 15.5 Å². The second-order valence-corrected chi connectivity index (χ2v) is 10.7. The number of rotatable bonds is 7. The first-order valence-corrected chi connectivity index (χ1v) is 12.4. The second kappa shape index (κ2) is 10.6. The van der Waals surface area contributed by atoms with Crippen LogP contribution in [0.1, 0.15) is 47.2 Å². The van der Waals surface area contributed by atoms with Crippen LogP contribution < -0.4 is 5.32 Å². The van der Waals surface area contributed by atoms with Gasteiger partial charge in [0.1, 0.15) is 0 Å². The molecule has 1 amide bonds. The van der Waals surface area contributed by atoms with E-state index in [1.165, 1.54) is 63.5 Å². The summed E-state index contributed by atoms with van der Waals surface area (Å²) in [5, 5.41) is 3.04. The van der Waals surface area contributed by atoms with E-state index in [4.69, 9.17) is 11.6 Å². The molecule has 0 spiro atoms. The summed E-state index contributed by atoms with van der Waals surface area (Å²) in [7, 11) is -0.756. The third kappa shape index (κ3) is 6.29. The number of halogens is 1. The lowest BCUT2D eigenvalue weighted by atomic mass is 10.1. The van der Waals surface area contributed by atoms with E-state index in [2.05, 4.69) is 22.3 Å². The SMILES string of the molecule is CN(C)S(=O)(=O)c1ccc(Cl)c(C(=O)NCc2ccc(CN3CCCCCC3)cc2)c1. The maximum Gasteiger partial charge on any atom is 0.253 e. The Bertz CT molecular complexity index is 999. The van der Waals surface area contributed by atoms with Crippen LogP contribution in [0.15, 0.2) is 47.4 Å². The smallest absolute Gasteiger partial charge is 0.253 e. The molecular formula is C23H30ClN3O3S. The zero-order chi connectivity index (χ0) is 22.4. The van der Waals surface area contributed by atoms with Crippen molar-refractivity contribution in [3.8, 4) is 0 Å². The number of amides is 1. The number of carbonyl (C=O) groups is 1. The summed E-state index contributed by atoms with van der Waals surface area (Å²) in [6.45, 7) is 3.60. The summed E-state index contributed by atoms with van der Waals surface area (Å²) in [6.07, 6.45) is 5.18. The van der Waals surface area contributed by atoms with Crippen molar-refractivity contribution in [1.29, 1.82) is 0 Å². The number of nitrogens with zero attached hydrogens (tertiary/aromatic N) is 2. The minimum absolute atomic E-state index is 0.0323. The standard InChI is InChI=1S/C23H30ClN3O3S/c1-26(2)31(29,30)20-11-12-22(24)21(15-20)23(28)25-16-18-7-9-19(10-8-18)17-27-13-5-3-4-6-14-27/h7-12,15H,3-6,13-14,16-17H2,1-2H3,(H,25,28). The van der Waals surface area contributed by atoms with Gasteiger partial charge in [-0.05, 0) is 55.3 Å². The largest absolute Gasteiger partial charge is 0.348 e. The lowest BCUT2D eigenvalue weighted by Gasteiger charge is -2.19. The fourth-order valence-corrected chi connectivity index (χ4v) is 4.77. The van der Waals surface area contributed by atoms with Gasteiger partial charge >= 0.3 is 0 Å². The molecule has 1 N–H and O–H groups in total. The molecule has 3 rings (SSSR count). The molecule has 0 aromatic heterocycles. The van der Waals surface area contributed by atoms with Gasteiger partial charge in [-0.2, -0.15) is 0 Å². The van der Waals surface area contributed by atoms with Crippen molar-refractivity contribution in [3.63, 3.8) is 0 Å². The summed E-state index contributed by atoms with van der Waals surface area (Å²) in [4.78, 5) is 15.2. The van der Waals surface area contributed by atoms with Crippen LogP contribution in [0, 0.1) is 0 Å². The molecule has 0 saturated carbocycles. The molecule has 0 unspecified atom stereocenters. The van der Waals surface area contributed by atoms with Crippen molar-refractivity contribution in [3.05, 3.63) is 64.2 Å². The average molecular weight is 464 g/mol. The third-order valence-corrected chi connectivity index (χ3v) is 7.68. The number of likely N-dealkylation sites (tertiary alicyclic amines) is 1. The second-order valence-electron chi connectivity index (χ2n) is 8.12. The maximum absolute atomic E-state index is 12.6. The number of hydrogen-bond acceptors (Lipinski definition) is 4. The maximum atomic E-state index is 12.6. The molecule has 0 bridgehead atoms. The van der Waals surface area contributed by atoms with Crippen LogP contribution in [0.5, 0.6) is 0 Å². The normalized spacial score (nSPS) is 15.6. The van der Waals surface area contributed by atoms with Crippen molar-refractivity contribution in [2.24, 2.45) is 0 Å². The molecule has 31 heavy (non-hydrogen) atoms. The van der Waals surface area contributed by atoms with Gasteiger partial charge in [0.2, 0.25) is 10.0 Å². The highest BCUT2D eigenvalue weighted by Crippen LogP contribution is 2.22. The Morgan fingerprint density at radius 2 is 1.61 bits per heavy atom.